The van der Waals surface area contributed by atoms with Gasteiger partial charge in [-0.25, -0.2) is 18.1 Å². The molecule has 6 aromatic rings. The fraction of sp³-hybridized carbons (Fsp3) is 0.0606. The highest BCUT2D eigenvalue weighted by Gasteiger charge is 2.38. The van der Waals surface area contributed by atoms with Crippen LogP contribution in [-0.4, -0.2) is 23.6 Å². The van der Waals surface area contributed by atoms with Crippen LogP contribution in [-0.2, 0) is 10.0 Å². The molecule has 0 aliphatic heterocycles. The van der Waals surface area contributed by atoms with Crippen molar-refractivity contribution in [1.29, 1.82) is 0 Å². The molecule has 42 heavy (non-hydrogen) atoms. The molecule has 0 spiro atoms. The van der Waals surface area contributed by atoms with Gasteiger partial charge in [0.25, 0.3) is 0 Å². The lowest BCUT2D eigenvalue weighted by Crippen LogP contribution is -2.30. The van der Waals surface area contributed by atoms with Gasteiger partial charge >= 0.3 is 0 Å². The Morgan fingerprint density at radius 2 is 1.29 bits per heavy atom. The summed E-state index contributed by atoms with van der Waals surface area (Å²) in [5, 5.41) is 11.9. The van der Waals surface area contributed by atoms with Crippen LogP contribution in [0.3, 0.4) is 0 Å². The number of nitrogens with one attached hydrogen (secondary N) is 1. The van der Waals surface area contributed by atoms with Crippen LogP contribution in [0.4, 0.5) is 0 Å². The average molecular weight is 607 g/mol. The van der Waals surface area contributed by atoms with E-state index in [-0.39, 0.29) is 10.1 Å². The Kier molecular flexibility index (Phi) is 6.99. The molecule has 1 aliphatic rings. The maximum absolute atomic E-state index is 13.6. The van der Waals surface area contributed by atoms with E-state index in [1.54, 1.807) is 12.1 Å². The predicted molar refractivity (Wildman–Crippen MR) is 168 cm³/mol. The van der Waals surface area contributed by atoms with Crippen molar-refractivity contribution >= 4 is 44.2 Å². The first-order valence-corrected chi connectivity index (χ1v) is 16.0. The molecule has 206 valence electrons. The number of sulfonamides is 1. The highest BCUT2D eigenvalue weighted by molar-refractivity contribution is 7.99. The van der Waals surface area contributed by atoms with Gasteiger partial charge in [-0.15, -0.1) is 10.2 Å². The van der Waals surface area contributed by atoms with Crippen LogP contribution in [0.25, 0.3) is 33.3 Å². The lowest BCUT2D eigenvalue weighted by Gasteiger charge is -2.22. The molecule has 5 aromatic carbocycles. The molecule has 1 heterocycles. The second-order valence-corrected chi connectivity index (χ2v) is 13.2. The van der Waals surface area contributed by atoms with Crippen LogP contribution >= 0.6 is 23.4 Å². The highest BCUT2D eigenvalue weighted by atomic mass is 35.5. The predicted octanol–water partition coefficient (Wildman–Crippen LogP) is 7.88. The van der Waals surface area contributed by atoms with E-state index in [1.807, 2.05) is 97.1 Å². The van der Waals surface area contributed by atoms with E-state index in [0.717, 1.165) is 33.0 Å². The minimum Gasteiger partial charge on any atom is -0.219 e. The van der Waals surface area contributed by atoms with Crippen molar-refractivity contribution in [1.82, 2.24) is 19.9 Å². The van der Waals surface area contributed by atoms with E-state index in [9.17, 15) is 8.42 Å². The SMILES string of the molecule is O=S(=O)(NC1c2cccc3cccc(c23)C1Sc1nnc(-c2ccccc2)c(-c2ccccc2)n1)c1ccc(Cl)cc1. The van der Waals surface area contributed by atoms with Gasteiger partial charge in [-0.05, 0) is 46.2 Å². The smallest absolute Gasteiger partial charge is 0.219 e. The molecule has 1 aromatic heterocycles. The summed E-state index contributed by atoms with van der Waals surface area (Å²) >= 11 is 7.44. The molecule has 9 heteroatoms. The van der Waals surface area contributed by atoms with Crippen molar-refractivity contribution in [3.05, 3.63) is 137 Å². The quantitative estimate of drug-likeness (QED) is 0.199. The van der Waals surface area contributed by atoms with Crippen molar-refractivity contribution in [3.8, 4) is 22.5 Å². The summed E-state index contributed by atoms with van der Waals surface area (Å²) in [4.78, 5) is 5.15. The third kappa shape index (κ3) is 4.97. The standard InChI is InChI=1S/C33H23ClN4O2S2/c34-24-17-19-25(20-18-24)42(39,40)38-31-26-15-7-13-21-14-8-16-27(28(21)26)32(31)41-33-35-29(22-9-3-1-4-10-22)30(36-37-33)23-11-5-2-6-12-23/h1-20,31-32,38H. The number of hydrogen-bond donors (Lipinski definition) is 1. The molecule has 1 aliphatic carbocycles. The Balaban J connectivity index is 1.32. The van der Waals surface area contributed by atoms with Crippen LogP contribution in [0.1, 0.15) is 22.4 Å². The maximum atomic E-state index is 13.6. The highest BCUT2D eigenvalue weighted by Crippen LogP contribution is 2.53. The number of aromatic nitrogens is 3. The molecule has 2 atom stereocenters. The molecule has 0 amide bonds. The average Bonchev–Trinajstić information content (AvgIpc) is 3.31. The van der Waals surface area contributed by atoms with Crippen molar-refractivity contribution in [3.63, 3.8) is 0 Å². The fourth-order valence-electron chi connectivity index (χ4n) is 5.41. The van der Waals surface area contributed by atoms with Crippen LogP contribution in [0.5, 0.6) is 0 Å². The van der Waals surface area contributed by atoms with Gasteiger partial charge in [-0.2, -0.15) is 0 Å². The minimum absolute atomic E-state index is 0.148. The second kappa shape index (κ2) is 11.0. The maximum Gasteiger partial charge on any atom is 0.241 e. The minimum atomic E-state index is -3.87. The van der Waals surface area contributed by atoms with Gasteiger partial charge in [0.15, 0.2) is 0 Å². The number of nitrogens with zero attached hydrogens (tertiary/aromatic N) is 3. The van der Waals surface area contributed by atoms with Crippen molar-refractivity contribution in [2.45, 2.75) is 21.3 Å². The monoisotopic (exact) mass is 606 g/mol. The van der Waals surface area contributed by atoms with Crippen molar-refractivity contribution in [2.75, 3.05) is 0 Å². The van der Waals surface area contributed by atoms with Gasteiger partial charge in [0.05, 0.1) is 16.2 Å². The zero-order chi connectivity index (χ0) is 28.7. The van der Waals surface area contributed by atoms with Crippen LogP contribution < -0.4 is 4.72 Å². The van der Waals surface area contributed by atoms with Crippen LogP contribution in [0, 0.1) is 0 Å². The summed E-state index contributed by atoms with van der Waals surface area (Å²) < 4.78 is 30.2. The molecule has 0 radical (unpaired) electrons. The van der Waals surface area contributed by atoms with Gasteiger partial charge in [0.2, 0.25) is 15.2 Å². The Hall–Kier alpha value is -4.08. The summed E-state index contributed by atoms with van der Waals surface area (Å²) in [5.41, 5.74) is 5.17. The van der Waals surface area contributed by atoms with Gasteiger partial charge in [0.1, 0.15) is 11.4 Å². The molecule has 0 saturated heterocycles. The lowest BCUT2D eigenvalue weighted by molar-refractivity contribution is 0.557. The van der Waals surface area contributed by atoms with Gasteiger partial charge in [-0.3, -0.25) is 0 Å². The fourth-order valence-corrected chi connectivity index (χ4v) is 7.98. The normalized spacial score (nSPS) is 16.1. The molecular formula is C33H23ClN4O2S2. The molecule has 0 bridgehead atoms. The zero-order valence-electron chi connectivity index (χ0n) is 22.1. The van der Waals surface area contributed by atoms with Crippen molar-refractivity contribution < 1.29 is 8.42 Å². The molecule has 7 rings (SSSR count). The third-order valence-corrected chi connectivity index (χ3v) is 10.2. The van der Waals surface area contributed by atoms with Crippen LogP contribution in [0.15, 0.2) is 131 Å². The first-order chi connectivity index (χ1) is 20.5. The molecule has 6 nitrogen and oxygen atoms in total. The number of rotatable bonds is 7. The number of hydrogen-bond acceptors (Lipinski definition) is 6. The summed E-state index contributed by atoms with van der Waals surface area (Å²) in [6.45, 7) is 0. The van der Waals surface area contributed by atoms with E-state index in [0.29, 0.717) is 21.6 Å². The first kappa shape index (κ1) is 26.8. The Labute approximate surface area is 252 Å². The second-order valence-electron chi connectivity index (χ2n) is 9.91. The van der Waals surface area contributed by atoms with E-state index >= 15 is 0 Å². The van der Waals surface area contributed by atoms with Gasteiger partial charge in [-0.1, -0.05) is 120 Å². The number of benzene rings is 5. The van der Waals surface area contributed by atoms with Crippen LogP contribution in [0.2, 0.25) is 5.02 Å². The molecule has 1 N–H and O–H groups in total. The summed E-state index contributed by atoms with van der Waals surface area (Å²) in [7, 11) is -3.87. The molecule has 2 unspecified atom stereocenters. The number of thioether (sulfide) groups is 1. The van der Waals surface area contributed by atoms with E-state index < -0.39 is 16.1 Å². The molecule has 0 fully saturated rings. The van der Waals surface area contributed by atoms with Gasteiger partial charge < -0.3 is 0 Å². The summed E-state index contributed by atoms with van der Waals surface area (Å²) in [6.07, 6.45) is 0. The number of halogens is 1. The Morgan fingerprint density at radius 1 is 0.667 bits per heavy atom. The first-order valence-electron chi connectivity index (χ1n) is 13.3. The Morgan fingerprint density at radius 3 is 1.95 bits per heavy atom. The summed E-state index contributed by atoms with van der Waals surface area (Å²) in [5.74, 6) is 0. The largest absolute Gasteiger partial charge is 0.241 e. The zero-order valence-corrected chi connectivity index (χ0v) is 24.4. The van der Waals surface area contributed by atoms with E-state index in [1.165, 1.54) is 23.9 Å². The molecule has 0 saturated carbocycles. The lowest BCUT2D eigenvalue weighted by atomic mass is 10.0. The summed E-state index contributed by atoms with van der Waals surface area (Å²) in [6, 6.07) is 37.4. The van der Waals surface area contributed by atoms with E-state index in [4.69, 9.17) is 16.6 Å². The topological polar surface area (TPSA) is 84.8 Å². The molecular weight excluding hydrogens is 584 g/mol. The Bertz CT molecular complexity index is 2020. The van der Waals surface area contributed by atoms with E-state index in [2.05, 4.69) is 14.9 Å². The van der Waals surface area contributed by atoms with Crippen molar-refractivity contribution in [2.24, 2.45) is 0 Å². The third-order valence-electron chi connectivity index (χ3n) is 7.31. The van der Waals surface area contributed by atoms with Gasteiger partial charge in [0, 0.05) is 16.1 Å².